The maximum Gasteiger partial charge on any atom is 0.323 e. The predicted octanol–water partition coefficient (Wildman–Crippen LogP) is 1.96. The lowest BCUT2D eigenvalue weighted by Gasteiger charge is -2.44. The Hall–Kier alpha value is -1.06. The summed E-state index contributed by atoms with van der Waals surface area (Å²) in [5.74, 6) is 0.865. The minimum absolute atomic E-state index is 0.111. The van der Waals surface area contributed by atoms with Crippen LogP contribution in [0.4, 0.5) is 4.79 Å². The summed E-state index contributed by atoms with van der Waals surface area (Å²) >= 11 is 0. The molecule has 2 N–H and O–H groups in total. The number of amidine groups is 1. The third-order valence-electron chi connectivity index (χ3n) is 4.10. The molecule has 4 nitrogen and oxygen atoms in total. The van der Waals surface area contributed by atoms with Crippen molar-refractivity contribution >= 4 is 11.9 Å². The Morgan fingerprint density at radius 2 is 2.33 bits per heavy atom. The number of likely N-dealkylation sites (N-methyl/N-ethyl adjacent to an activating group) is 1. The molecule has 0 aromatic carbocycles. The molecular formula is C11H19N3O. The van der Waals surface area contributed by atoms with Gasteiger partial charge in [-0.3, -0.25) is 10.7 Å². The van der Waals surface area contributed by atoms with Crippen molar-refractivity contribution in [2.45, 2.75) is 44.6 Å². The van der Waals surface area contributed by atoms with E-state index in [4.69, 9.17) is 5.41 Å². The van der Waals surface area contributed by atoms with E-state index >= 15 is 0 Å². The fourth-order valence-corrected chi connectivity index (χ4v) is 3.19. The number of nitrogens with zero attached hydrogens (tertiary/aromatic N) is 1. The Morgan fingerprint density at radius 3 is 2.87 bits per heavy atom. The SMILES string of the molecule is CCC1CCCCC12C(=N)NC(=O)N2C. The fourth-order valence-electron chi connectivity index (χ4n) is 3.19. The number of nitrogens with one attached hydrogen (secondary N) is 2. The van der Waals surface area contributed by atoms with E-state index in [1.165, 1.54) is 6.42 Å². The summed E-state index contributed by atoms with van der Waals surface area (Å²) < 4.78 is 0. The first-order valence-electron chi connectivity index (χ1n) is 5.76. The molecule has 2 aliphatic rings. The van der Waals surface area contributed by atoms with Crippen LogP contribution in [0.2, 0.25) is 0 Å². The van der Waals surface area contributed by atoms with Gasteiger partial charge in [-0.05, 0) is 18.8 Å². The van der Waals surface area contributed by atoms with Gasteiger partial charge in [-0.1, -0.05) is 26.2 Å². The maximum absolute atomic E-state index is 11.6. The zero-order valence-corrected chi connectivity index (χ0v) is 9.47. The number of carbonyl (C=O) groups is 1. The Kier molecular flexibility index (Phi) is 2.44. The number of urea groups is 1. The van der Waals surface area contributed by atoms with Gasteiger partial charge < -0.3 is 4.90 Å². The molecule has 1 heterocycles. The molecule has 1 spiro atoms. The van der Waals surface area contributed by atoms with Gasteiger partial charge in [-0.2, -0.15) is 0 Å². The first kappa shape index (κ1) is 10.5. The Bertz CT molecular complexity index is 302. The molecule has 2 amide bonds. The molecule has 1 saturated heterocycles. The summed E-state index contributed by atoms with van der Waals surface area (Å²) in [6, 6.07) is -0.111. The zero-order chi connectivity index (χ0) is 11.1. The molecule has 0 aromatic heterocycles. The lowest BCUT2D eigenvalue weighted by Crippen LogP contribution is -2.54. The second kappa shape index (κ2) is 3.51. The summed E-state index contributed by atoms with van der Waals surface area (Å²) in [6.45, 7) is 2.15. The average Bonchev–Trinajstić information content (AvgIpc) is 2.45. The van der Waals surface area contributed by atoms with Gasteiger partial charge in [0.15, 0.2) is 0 Å². The van der Waals surface area contributed by atoms with Crippen molar-refractivity contribution in [2.75, 3.05) is 7.05 Å². The van der Waals surface area contributed by atoms with Gasteiger partial charge in [-0.15, -0.1) is 0 Å². The van der Waals surface area contributed by atoms with Crippen LogP contribution < -0.4 is 5.32 Å². The number of carbonyl (C=O) groups excluding carboxylic acids is 1. The van der Waals surface area contributed by atoms with E-state index in [2.05, 4.69) is 12.2 Å². The van der Waals surface area contributed by atoms with Gasteiger partial charge in [0.05, 0.1) is 0 Å². The summed E-state index contributed by atoms with van der Waals surface area (Å²) in [7, 11) is 1.82. The highest BCUT2D eigenvalue weighted by Crippen LogP contribution is 2.42. The second-order valence-electron chi connectivity index (χ2n) is 4.64. The number of hydrogen-bond donors (Lipinski definition) is 2. The highest BCUT2D eigenvalue weighted by Gasteiger charge is 2.53. The van der Waals surface area contributed by atoms with Gasteiger partial charge in [0.1, 0.15) is 11.4 Å². The molecule has 0 radical (unpaired) electrons. The normalized spacial score (nSPS) is 36.1. The molecule has 2 unspecified atom stereocenters. The highest BCUT2D eigenvalue weighted by molar-refractivity contribution is 6.08. The van der Waals surface area contributed by atoms with E-state index in [1.807, 2.05) is 7.05 Å². The van der Waals surface area contributed by atoms with Crippen LogP contribution >= 0.6 is 0 Å². The Labute approximate surface area is 90.5 Å². The highest BCUT2D eigenvalue weighted by atomic mass is 16.2. The molecule has 2 atom stereocenters. The molecule has 84 valence electrons. The van der Waals surface area contributed by atoms with Crippen molar-refractivity contribution in [2.24, 2.45) is 5.92 Å². The lowest BCUT2D eigenvalue weighted by atomic mass is 9.70. The molecule has 2 fully saturated rings. The third kappa shape index (κ3) is 1.27. The standard InChI is InChI=1S/C11H19N3O/c1-3-8-6-4-5-7-11(8)9(12)13-10(15)14(11)2/h8H,3-7H2,1-2H3,(H2,12,13,15). The van der Waals surface area contributed by atoms with Crippen LogP contribution in [0.15, 0.2) is 0 Å². The zero-order valence-electron chi connectivity index (χ0n) is 9.47. The van der Waals surface area contributed by atoms with E-state index in [-0.39, 0.29) is 11.6 Å². The largest absolute Gasteiger partial charge is 0.323 e. The molecular weight excluding hydrogens is 190 g/mol. The van der Waals surface area contributed by atoms with Gasteiger partial charge in [-0.25, -0.2) is 4.79 Å². The maximum atomic E-state index is 11.6. The quantitative estimate of drug-likeness (QED) is 0.681. The van der Waals surface area contributed by atoms with Crippen LogP contribution in [0, 0.1) is 11.3 Å². The van der Waals surface area contributed by atoms with E-state index in [1.54, 1.807) is 4.90 Å². The van der Waals surface area contributed by atoms with Gasteiger partial charge in [0.2, 0.25) is 0 Å². The first-order chi connectivity index (χ1) is 7.13. The van der Waals surface area contributed by atoms with Crippen LogP contribution in [-0.2, 0) is 0 Å². The van der Waals surface area contributed by atoms with Gasteiger partial charge in [0.25, 0.3) is 0 Å². The predicted molar refractivity (Wildman–Crippen MR) is 59.0 cm³/mol. The molecule has 1 saturated carbocycles. The smallest absolute Gasteiger partial charge is 0.314 e. The number of amides is 2. The molecule has 0 aromatic rings. The summed E-state index contributed by atoms with van der Waals surface area (Å²) in [6.07, 6.45) is 5.48. The van der Waals surface area contributed by atoms with Crippen molar-refractivity contribution in [1.29, 1.82) is 5.41 Å². The van der Waals surface area contributed by atoms with Crippen molar-refractivity contribution in [1.82, 2.24) is 10.2 Å². The van der Waals surface area contributed by atoms with Gasteiger partial charge >= 0.3 is 6.03 Å². The van der Waals surface area contributed by atoms with Crippen molar-refractivity contribution < 1.29 is 4.79 Å². The molecule has 2 rings (SSSR count). The summed E-state index contributed by atoms with van der Waals surface area (Å²) in [4.78, 5) is 13.3. The van der Waals surface area contributed by atoms with Crippen LogP contribution in [0.25, 0.3) is 0 Å². The van der Waals surface area contributed by atoms with Crippen molar-refractivity contribution in [3.05, 3.63) is 0 Å². The first-order valence-corrected chi connectivity index (χ1v) is 5.76. The Balaban J connectivity index is 2.36. The molecule has 1 aliphatic heterocycles. The van der Waals surface area contributed by atoms with Gasteiger partial charge in [0, 0.05) is 7.05 Å². The second-order valence-corrected chi connectivity index (χ2v) is 4.64. The van der Waals surface area contributed by atoms with E-state index < -0.39 is 0 Å². The molecule has 0 bridgehead atoms. The minimum Gasteiger partial charge on any atom is -0.314 e. The summed E-state index contributed by atoms with van der Waals surface area (Å²) in [5, 5.41) is 10.7. The Morgan fingerprint density at radius 1 is 1.60 bits per heavy atom. The van der Waals surface area contributed by atoms with Crippen molar-refractivity contribution in [3.63, 3.8) is 0 Å². The molecule has 15 heavy (non-hydrogen) atoms. The van der Waals surface area contributed by atoms with Crippen LogP contribution in [-0.4, -0.2) is 29.4 Å². The monoisotopic (exact) mass is 209 g/mol. The minimum atomic E-state index is -0.315. The van der Waals surface area contributed by atoms with E-state index in [9.17, 15) is 4.79 Å². The third-order valence-corrected chi connectivity index (χ3v) is 4.10. The van der Waals surface area contributed by atoms with Crippen LogP contribution in [0.5, 0.6) is 0 Å². The number of rotatable bonds is 1. The van der Waals surface area contributed by atoms with Crippen LogP contribution in [0.1, 0.15) is 39.0 Å². The lowest BCUT2D eigenvalue weighted by molar-refractivity contribution is 0.113. The topological polar surface area (TPSA) is 56.2 Å². The van der Waals surface area contributed by atoms with E-state index in [0.717, 1.165) is 25.7 Å². The summed E-state index contributed by atoms with van der Waals surface area (Å²) in [5.41, 5.74) is -0.315. The average molecular weight is 209 g/mol. The fraction of sp³-hybridized carbons (Fsp3) is 0.818. The van der Waals surface area contributed by atoms with Crippen molar-refractivity contribution in [3.8, 4) is 0 Å². The molecule has 4 heteroatoms. The number of hydrogen-bond acceptors (Lipinski definition) is 2. The van der Waals surface area contributed by atoms with E-state index in [0.29, 0.717) is 11.8 Å². The van der Waals surface area contributed by atoms with Crippen LogP contribution in [0.3, 0.4) is 0 Å². The molecule has 1 aliphatic carbocycles.